The van der Waals surface area contributed by atoms with Gasteiger partial charge < -0.3 is 10.6 Å². The van der Waals surface area contributed by atoms with Crippen LogP contribution in [-0.2, 0) is 22.6 Å². The van der Waals surface area contributed by atoms with Gasteiger partial charge in [-0.3, -0.25) is 14.3 Å². The Morgan fingerprint density at radius 2 is 1.92 bits per heavy atom. The summed E-state index contributed by atoms with van der Waals surface area (Å²) in [5, 5.41) is 3.89. The molecule has 0 spiro atoms. The summed E-state index contributed by atoms with van der Waals surface area (Å²) in [6, 6.07) is 0. The van der Waals surface area contributed by atoms with Crippen LogP contribution in [0.15, 0.2) is 0 Å². The molecule has 2 rings (SSSR count). The molecule has 1 saturated heterocycles. The second kappa shape index (κ2) is 6.45. The van der Waals surface area contributed by atoms with Crippen molar-refractivity contribution in [2.45, 2.75) is 39.9 Å². The SMILES string of the molecule is Cc1nn(CC(F)(F)F)c(C)c1CC(=O)N1C[C@@H](C)[C@H](C(N)=O)C1. The normalized spacial score (nSPS) is 21.3. The molecule has 1 fully saturated rings. The van der Waals surface area contributed by atoms with Gasteiger partial charge in [0.2, 0.25) is 11.8 Å². The van der Waals surface area contributed by atoms with E-state index in [9.17, 15) is 22.8 Å². The first-order chi connectivity index (χ1) is 11.0. The summed E-state index contributed by atoms with van der Waals surface area (Å²) in [5.41, 5.74) is 6.55. The first kappa shape index (κ1) is 18.3. The molecule has 0 unspecified atom stereocenters. The van der Waals surface area contributed by atoms with Crippen molar-refractivity contribution in [1.29, 1.82) is 0 Å². The van der Waals surface area contributed by atoms with Crippen LogP contribution in [0.2, 0.25) is 0 Å². The summed E-state index contributed by atoms with van der Waals surface area (Å²) < 4.78 is 38.5. The minimum atomic E-state index is -4.37. The first-order valence-corrected chi connectivity index (χ1v) is 7.66. The lowest BCUT2D eigenvalue weighted by atomic mass is 9.98. The zero-order chi connectivity index (χ0) is 18.2. The van der Waals surface area contributed by atoms with E-state index in [4.69, 9.17) is 5.73 Å². The van der Waals surface area contributed by atoms with Crippen molar-refractivity contribution in [3.05, 3.63) is 17.0 Å². The average Bonchev–Trinajstić information content (AvgIpc) is 2.93. The molecule has 0 aromatic carbocycles. The third kappa shape index (κ3) is 3.88. The maximum absolute atomic E-state index is 12.6. The molecule has 134 valence electrons. The molecule has 6 nitrogen and oxygen atoms in total. The van der Waals surface area contributed by atoms with E-state index in [1.165, 1.54) is 6.92 Å². The van der Waals surface area contributed by atoms with E-state index in [-0.39, 0.29) is 30.7 Å². The molecule has 1 aliphatic rings. The largest absolute Gasteiger partial charge is 0.408 e. The van der Waals surface area contributed by atoms with E-state index >= 15 is 0 Å². The Hall–Kier alpha value is -2.06. The third-order valence-electron chi connectivity index (χ3n) is 4.52. The average molecular weight is 346 g/mol. The number of carbonyl (C=O) groups excluding carboxylic acids is 2. The first-order valence-electron chi connectivity index (χ1n) is 7.66. The highest BCUT2D eigenvalue weighted by Gasteiger charge is 2.36. The Kier molecular flexibility index (Phi) is 4.91. The Morgan fingerprint density at radius 1 is 1.29 bits per heavy atom. The number of likely N-dealkylation sites (tertiary alicyclic amines) is 1. The number of halogens is 3. The van der Waals surface area contributed by atoms with Crippen LogP contribution in [0.3, 0.4) is 0 Å². The van der Waals surface area contributed by atoms with Crippen molar-refractivity contribution in [3.63, 3.8) is 0 Å². The van der Waals surface area contributed by atoms with E-state index in [1.807, 2.05) is 6.92 Å². The van der Waals surface area contributed by atoms with Gasteiger partial charge >= 0.3 is 6.18 Å². The topological polar surface area (TPSA) is 81.2 Å². The van der Waals surface area contributed by atoms with Crippen molar-refractivity contribution in [2.75, 3.05) is 13.1 Å². The molecule has 24 heavy (non-hydrogen) atoms. The van der Waals surface area contributed by atoms with E-state index in [0.717, 1.165) is 4.68 Å². The number of primary amides is 1. The van der Waals surface area contributed by atoms with Crippen LogP contribution in [0.25, 0.3) is 0 Å². The molecule has 0 radical (unpaired) electrons. The maximum atomic E-state index is 12.6. The zero-order valence-electron chi connectivity index (χ0n) is 13.9. The van der Waals surface area contributed by atoms with Gasteiger partial charge in [-0.05, 0) is 19.8 Å². The third-order valence-corrected chi connectivity index (χ3v) is 4.52. The van der Waals surface area contributed by atoms with Crippen LogP contribution in [0.4, 0.5) is 13.2 Å². The molecule has 2 amide bonds. The quantitative estimate of drug-likeness (QED) is 0.889. The van der Waals surface area contributed by atoms with Crippen LogP contribution in [0.5, 0.6) is 0 Å². The Balaban J connectivity index is 2.11. The predicted molar refractivity (Wildman–Crippen MR) is 79.9 cm³/mol. The fourth-order valence-electron chi connectivity index (χ4n) is 3.12. The number of aryl methyl sites for hydroxylation is 1. The number of hydrogen-bond acceptors (Lipinski definition) is 3. The second-order valence-corrected chi connectivity index (χ2v) is 6.38. The van der Waals surface area contributed by atoms with Crippen molar-refractivity contribution < 1.29 is 22.8 Å². The molecule has 0 bridgehead atoms. The lowest BCUT2D eigenvalue weighted by Crippen LogP contribution is -2.33. The fourth-order valence-corrected chi connectivity index (χ4v) is 3.12. The van der Waals surface area contributed by atoms with Gasteiger partial charge in [-0.25, -0.2) is 0 Å². The smallest absolute Gasteiger partial charge is 0.369 e. The monoisotopic (exact) mass is 346 g/mol. The van der Waals surface area contributed by atoms with Gasteiger partial charge in [0.1, 0.15) is 6.54 Å². The standard InChI is InChI=1S/C15H21F3N4O2/c1-8-5-21(6-12(8)14(19)24)13(23)4-11-9(2)20-22(10(11)3)7-15(16,17)18/h8,12H,4-7H2,1-3H3,(H2,19,24)/t8-,12-/m1/s1. The Bertz CT molecular complexity index is 654. The van der Waals surface area contributed by atoms with Gasteiger partial charge in [0.25, 0.3) is 0 Å². The molecule has 9 heteroatoms. The minimum absolute atomic E-state index is 0.0263. The van der Waals surface area contributed by atoms with Gasteiger partial charge in [-0.2, -0.15) is 18.3 Å². The Labute approximate surface area is 137 Å². The molecular formula is C15H21F3N4O2. The van der Waals surface area contributed by atoms with Crippen molar-refractivity contribution >= 4 is 11.8 Å². The molecule has 0 aliphatic carbocycles. The van der Waals surface area contributed by atoms with Crippen LogP contribution in [-0.4, -0.2) is 45.8 Å². The van der Waals surface area contributed by atoms with Gasteiger partial charge in [0, 0.05) is 24.3 Å². The molecule has 1 aromatic heterocycles. The molecule has 2 atom stereocenters. The van der Waals surface area contributed by atoms with E-state index in [0.29, 0.717) is 23.5 Å². The molecule has 2 N–H and O–H groups in total. The molecular weight excluding hydrogens is 325 g/mol. The lowest BCUT2D eigenvalue weighted by Gasteiger charge is -2.16. The summed E-state index contributed by atoms with van der Waals surface area (Å²) in [7, 11) is 0. The van der Waals surface area contributed by atoms with Crippen LogP contribution < -0.4 is 5.73 Å². The number of nitrogens with zero attached hydrogens (tertiary/aromatic N) is 3. The van der Waals surface area contributed by atoms with E-state index < -0.39 is 18.6 Å². The maximum Gasteiger partial charge on any atom is 0.408 e. The predicted octanol–water partition coefficient (Wildman–Crippen LogP) is 1.18. The molecule has 0 saturated carbocycles. The Morgan fingerprint density at radius 3 is 2.42 bits per heavy atom. The summed E-state index contributed by atoms with van der Waals surface area (Å²) in [5.74, 6) is -1.09. The van der Waals surface area contributed by atoms with E-state index in [2.05, 4.69) is 5.10 Å². The number of hydrogen-bond donors (Lipinski definition) is 1. The van der Waals surface area contributed by atoms with Gasteiger partial charge in [0.15, 0.2) is 0 Å². The zero-order valence-corrected chi connectivity index (χ0v) is 13.9. The van der Waals surface area contributed by atoms with E-state index in [1.54, 1.807) is 11.8 Å². The van der Waals surface area contributed by atoms with Crippen LogP contribution in [0.1, 0.15) is 23.9 Å². The van der Waals surface area contributed by atoms with Gasteiger partial charge in [-0.1, -0.05) is 6.92 Å². The highest BCUT2D eigenvalue weighted by molar-refractivity contribution is 5.82. The van der Waals surface area contributed by atoms with Crippen LogP contribution >= 0.6 is 0 Å². The summed E-state index contributed by atoms with van der Waals surface area (Å²) in [4.78, 5) is 25.3. The number of nitrogens with two attached hydrogens (primary N) is 1. The number of alkyl halides is 3. The summed E-state index contributed by atoms with van der Waals surface area (Å²) in [6.45, 7) is 4.44. The number of carbonyl (C=O) groups is 2. The molecule has 1 aromatic rings. The lowest BCUT2D eigenvalue weighted by molar-refractivity contribution is -0.143. The van der Waals surface area contributed by atoms with Crippen molar-refractivity contribution in [2.24, 2.45) is 17.6 Å². The van der Waals surface area contributed by atoms with Gasteiger partial charge in [0.05, 0.1) is 18.0 Å². The summed E-state index contributed by atoms with van der Waals surface area (Å²) in [6.07, 6.45) is -4.41. The van der Waals surface area contributed by atoms with Gasteiger partial charge in [-0.15, -0.1) is 0 Å². The number of rotatable bonds is 4. The van der Waals surface area contributed by atoms with Crippen molar-refractivity contribution in [1.82, 2.24) is 14.7 Å². The highest BCUT2D eigenvalue weighted by Crippen LogP contribution is 2.25. The second-order valence-electron chi connectivity index (χ2n) is 6.38. The molecule has 1 aliphatic heterocycles. The highest BCUT2D eigenvalue weighted by atomic mass is 19.4. The minimum Gasteiger partial charge on any atom is -0.369 e. The number of amides is 2. The summed E-state index contributed by atoms with van der Waals surface area (Å²) >= 11 is 0. The fraction of sp³-hybridized carbons (Fsp3) is 0.667. The van der Waals surface area contributed by atoms with Crippen LogP contribution in [0, 0.1) is 25.7 Å². The molecule has 2 heterocycles. The number of aromatic nitrogens is 2. The van der Waals surface area contributed by atoms with Crippen molar-refractivity contribution in [3.8, 4) is 0 Å².